The van der Waals surface area contributed by atoms with Gasteiger partial charge in [0.2, 0.25) is 0 Å². The van der Waals surface area contributed by atoms with E-state index in [4.69, 9.17) is 4.74 Å². The molecule has 3 heterocycles. The van der Waals surface area contributed by atoms with Gasteiger partial charge >= 0.3 is 0 Å². The number of imidazole rings is 1. The number of hydrogen-bond acceptors (Lipinski definition) is 4. The highest BCUT2D eigenvalue weighted by molar-refractivity contribution is 6.12. The molecule has 0 fully saturated rings. The highest BCUT2D eigenvalue weighted by atomic mass is 16.5. The molecular formula is C24H18N4O2. The van der Waals surface area contributed by atoms with E-state index in [0.717, 1.165) is 22.2 Å². The standard InChI is InChI=1S/C24H18N4O2/c29-24(21-8-4-10-22-20(21)9-5-12-25-22)27-17-6-3-7-19(14-17)30-16-18-15-28-13-2-1-11-23(28)26-18/h1-15H,16H2,(H,27,29). The van der Waals surface area contributed by atoms with Crippen LogP contribution in [-0.2, 0) is 6.61 Å². The molecule has 0 bridgehead atoms. The van der Waals surface area contributed by atoms with Crippen LogP contribution in [0.5, 0.6) is 5.75 Å². The quantitative estimate of drug-likeness (QED) is 0.469. The molecule has 2 aromatic carbocycles. The van der Waals surface area contributed by atoms with E-state index < -0.39 is 0 Å². The minimum absolute atomic E-state index is 0.189. The zero-order valence-corrected chi connectivity index (χ0v) is 16.0. The van der Waals surface area contributed by atoms with Crippen molar-refractivity contribution in [2.24, 2.45) is 0 Å². The highest BCUT2D eigenvalue weighted by Crippen LogP contribution is 2.21. The van der Waals surface area contributed by atoms with E-state index in [1.165, 1.54) is 0 Å². The van der Waals surface area contributed by atoms with Crippen LogP contribution in [0.15, 0.2) is 91.4 Å². The highest BCUT2D eigenvalue weighted by Gasteiger charge is 2.11. The van der Waals surface area contributed by atoms with Gasteiger partial charge < -0.3 is 14.5 Å². The Hall–Kier alpha value is -4.19. The van der Waals surface area contributed by atoms with Crippen molar-refractivity contribution in [3.05, 3.63) is 103 Å². The molecule has 146 valence electrons. The van der Waals surface area contributed by atoms with Crippen LogP contribution in [0.3, 0.4) is 0 Å². The number of nitrogens with zero attached hydrogens (tertiary/aromatic N) is 3. The maximum Gasteiger partial charge on any atom is 0.256 e. The lowest BCUT2D eigenvalue weighted by molar-refractivity contribution is 0.102. The van der Waals surface area contributed by atoms with E-state index in [2.05, 4.69) is 15.3 Å². The first kappa shape index (κ1) is 17.9. The van der Waals surface area contributed by atoms with E-state index in [1.54, 1.807) is 18.3 Å². The Morgan fingerprint density at radius 3 is 2.87 bits per heavy atom. The summed E-state index contributed by atoms with van der Waals surface area (Å²) in [5.41, 5.74) is 3.74. The van der Waals surface area contributed by atoms with Gasteiger partial charge in [-0.25, -0.2) is 4.98 Å². The second-order valence-electron chi connectivity index (χ2n) is 6.84. The van der Waals surface area contributed by atoms with E-state index in [9.17, 15) is 4.79 Å². The van der Waals surface area contributed by atoms with Gasteiger partial charge in [-0.2, -0.15) is 0 Å². The summed E-state index contributed by atoms with van der Waals surface area (Å²) in [5.74, 6) is 0.468. The minimum atomic E-state index is -0.189. The van der Waals surface area contributed by atoms with Crippen molar-refractivity contribution >= 4 is 28.1 Å². The molecule has 0 saturated carbocycles. The summed E-state index contributed by atoms with van der Waals surface area (Å²) in [5, 5.41) is 3.76. The molecule has 0 aliphatic carbocycles. The number of pyridine rings is 2. The Morgan fingerprint density at radius 2 is 1.93 bits per heavy atom. The number of nitrogens with one attached hydrogen (secondary N) is 1. The van der Waals surface area contributed by atoms with Crippen LogP contribution in [0.4, 0.5) is 5.69 Å². The van der Waals surface area contributed by atoms with Crippen LogP contribution in [0.2, 0.25) is 0 Å². The van der Waals surface area contributed by atoms with E-state index in [-0.39, 0.29) is 5.91 Å². The predicted octanol–water partition coefficient (Wildman–Crippen LogP) is 4.71. The van der Waals surface area contributed by atoms with E-state index in [1.807, 2.05) is 77.5 Å². The van der Waals surface area contributed by atoms with Crippen molar-refractivity contribution < 1.29 is 9.53 Å². The second kappa shape index (κ2) is 7.67. The average Bonchev–Trinajstić information content (AvgIpc) is 3.21. The van der Waals surface area contributed by atoms with Crippen molar-refractivity contribution in [1.82, 2.24) is 14.4 Å². The van der Waals surface area contributed by atoms with Crippen LogP contribution in [0.1, 0.15) is 16.1 Å². The number of aromatic nitrogens is 3. The first-order chi connectivity index (χ1) is 14.8. The Morgan fingerprint density at radius 1 is 1.00 bits per heavy atom. The number of carbonyl (C=O) groups is 1. The van der Waals surface area contributed by atoms with Gasteiger partial charge in [-0.1, -0.05) is 24.3 Å². The molecule has 0 atom stereocenters. The fraction of sp³-hybridized carbons (Fsp3) is 0.0417. The number of anilines is 1. The first-order valence-electron chi connectivity index (χ1n) is 9.57. The molecule has 6 nitrogen and oxygen atoms in total. The van der Waals surface area contributed by atoms with Crippen molar-refractivity contribution in [3.8, 4) is 5.75 Å². The molecule has 5 aromatic rings. The van der Waals surface area contributed by atoms with Crippen LogP contribution in [-0.4, -0.2) is 20.3 Å². The Kier molecular flexibility index (Phi) is 4.57. The molecule has 0 unspecified atom stereocenters. The third kappa shape index (κ3) is 3.58. The maximum atomic E-state index is 12.8. The summed E-state index contributed by atoms with van der Waals surface area (Å²) in [6, 6.07) is 22.4. The van der Waals surface area contributed by atoms with Crippen LogP contribution >= 0.6 is 0 Å². The number of fused-ring (bicyclic) bond motifs is 2. The number of carbonyl (C=O) groups excluding carboxylic acids is 1. The van der Waals surface area contributed by atoms with Gasteiger partial charge in [0.05, 0.1) is 11.2 Å². The third-order valence-corrected chi connectivity index (χ3v) is 4.78. The lowest BCUT2D eigenvalue weighted by Gasteiger charge is -2.10. The lowest BCUT2D eigenvalue weighted by Crippen LogP contribution is -2.12. The summed E-state index contributed by atoms with van der Waals surface area (Å²) in [4.78, 5) is 21.7. The van der Waals surface area contributed by atoms with Crippen molar-refractivity contribution in [1.29, 1.82) is 0 Å². The SMILES string of the molecule is O=C(Nc1cccc(OCc2cn3ccccc3n2)c1)c1cccc2ncccc12. The topological polar surface area (TPSA) is 68.5 Å². The average molecular weight is 394 g/mol. The monoisotopic (exact) mass is 394 g/mol. The van der Waals surface area contributed by atoms with Crippen LogP contribution < -0.4 is 10.1 Å². The molecule has 0 radical (unpaired) electrons. The Bertz CT molecular complexity index is 1320. The fourth-order valence-electron chi connectivity index (χ4n) is 3.38. The molecule has 0 aliphatic heterocycles. The normalized spacial score (nSPS) is 10.9. The zero-order valence-electron chi connectivity index (χ0n) is 16.0. The Labute approximate surface area is 172 Å². The number of amides is 1. The molecule has 30 heavy (non-hydrogen) atoms. The molecule has 3 aromatic heterocycles. The summed E-state index contributed by atoms with van der Waals surface area (Å²) in [6.07, 6.45) is 5.61. The van der Waals surface area contributed by atoms with Crippen LogP contribution in [0.25, 0.3) is 16.6 Å². The van der Waals surface area contributed by atoms with Gasteiger partial charge in [-0.15, -0.1) is 0 Å². The van der Waals surface area contributed by atoms with Gasteiger partial charge in [-0.3, -0.25) is 9.78 Å². The van der Waals surface area contributed by atoms with Gasteiger partial charge in [-0.05, 0) is 42.5 Å². The van der Waals surface area contributed by atoms with E-state index >= 15 is 0 Å². The maximum absolute atomic E-state index is 12.8. The largest absolute Gasteiger partial charge is 0.487 e. The molecule has 6 heteroatoms. The van der Waals surface area contributed by atoms with Gasteiger partial charge in [0.1, 0.15) is 18.0 Å². The van der Waals surface area contributed by atoms with Crippen molar-refractivity contribution in [2.75, 3.05) is 5.32 Å². The second-order valence-corrected chi connectivity index (χ2v) is 6.84. The van der Waals surface area contributed by atoms with Gasteiger partial charge in [0, 0.05) is 41.3 Å². The third-order valence-electron chi connectivity index (χ3n) is 4.78. The molecular weight excluding hydrogens is 376 g/mol. The Balaban J connectivity index is 1.31. The zero-order chi connectivity index (χ0) is 20.3. The van der Waals surface area contributed by atoms with Gasteiger partial charge in [0.15, 0.2) is 0 Å². The predicted molar refractivity (Wildman–Crippen MR) is 116 cm³/mol. The summed E-state index contributed by atoms with van der Waals surface area (Å²) in [6.45, 7) is 0.341. The molecule has 1 amide bonds. The molecule has 0 aliphatic rings. The number of rotatable bonds is 5. The van der Waals surface area contributed by atoms with Crippen molar-refractivity contribution in [3.63, 3.8) is 0 Å². The molecule has 5 rings (SSSR count). The fourth-order valence-corrected chi connectivity index (χ4v) is 3.38. The summed E-state index contributed by atoms with van der Waals surface area (Å²) < 4.78 is 7.84. The number of benzene rings is 2. The van der Waals surface area contributed by atoms with Crippen molar-refractivity contribution in [2.45, 2.75) is 6.61 Å². The van der Waals surface area contributed by atoms with Crippen LogP contribution in [0, 0.1) is 0 Å². The molecule has 0 saturated heterocycles. The molecule has 0 spiro atoms. The minimum Gasteiger partial charge on any atom is -0.487 e. The lowest BCUT2D eigenvalue weighted by atomic mass is 10.1. The van der Waals surface area contributed by atoms with E-state index in [0.29, 0.717) is 23.6 Å². The summed E-state index contributed by atoms with van der Waals surface area (Å²) >= 11 is 0. The van der Waals surface area contributed by atoms with Gasteiger partial charge in [0.25, 0.3) is 5.91 Å². The summed E-state index contributed by atoms with van der Waals surface area (Å²) in [7, 11) is 0. The first-order valence-corrected chi connectivity index (χ1v) is 9.57. The number of ether oxygens (including phenoxy) is 1. The smallest absolute Gasteiger partial charge is 0.256 e. The number of hydrogen-bond donors (Lipinski definition) is 1. The molecule has 1 N–H and O–H groups in total.